The second-order valence-electron chi connectivity index (χ2n) is 4.71. The van der Waals surface area contributed by atoms with E-state index in [1.54, 1.807) is 0 Å². The average Bonchev–Trinajstić information content (AvgIpc) is 3.08. The van der Waals surface area contributed by atoms with Crippen LogP contribution < -0.4 is 10.6 Å². The summed E-state index contributed by atoms with van der Waals surface area (Å²) in [6.07, 6.45) is 2.84. The van der Waals surface area contributed by atoms with Crippen LogP contribution in [0.2, 0.25) is 0 Å². The number of aromatic nitrogens is 2. The Hall–Kier alpha value is -1.47. The van der Waals surface area contributed by atoms with Gasteiger partial charge in [-0.2, -0.15) is 4.98 Å². The van der Waals surface area contributed by atoms with Gasteiger partial charge in [-0.1, -0.05) is 12.1 Å². The molecule has 0 spiro atoms. The number of hydrogen-bond donors (Lipinski definition) is 3. The van der Waals surface area contributed by atoms with E-state index in [2.05, 4.69) is 20.8 Å². The van der Waals surface area contributed by atoms with Crippen LogP contribution in [-0.2, 0) is 0 Å². The second-order valence-corrected chi connectivity index (χ2v) is 4.71. The molecule has 0 bridgehead atoms. The van der Waals surface area contributed by atoms with Crippen molar-refractivity contribution in [3.63, 3.8) is 0 Å². The van der Waals surface area contributed by atoms with Crippen LogP contribution in [0.1, 0.15) is 55.2 Å². The summed E-state index contributed by atoms with van der Waals surface area (Å²) in [5.74, 6) is 0.155. The molecule has 2 unspecified atom stereocenters. The highest BCUT2D eigenvalue weighted by molar-refractivity contribution is 5.90. The monoisotopic (exact) mass is 268 g/mol. The highest BCUT2D eigenvalue weighted by Gasteiger charge is 2.24. The lowest BCUT2D eigenvalue weighted by Gasteiger charge is -2.07. The zero-order valence-corrected chi connectivity index (χ0v) is 11.1. The van der Waals surface area contributed by atoms with Crippen molar-refractivity contribution in [1.29, 1.82) is 0 Å². The quantitative estimate of drug-likeness (QED) is 0.690. The van der Waals surface area contributed by atoms with E-state index in [-0.39, 0.29) is 23.9 Å². The Labute approximate surface area is 111 Å². The molecular formula is C12H20N4O3. The van der Waals surface area contributed by atoms with Crippen LogP contribution in [0.3, 0.4) is 0 Å². The van der Waals surface area contributed by atoms with Crippen molar-refractivity contribution < 1.29 is 14.4 Å². The van der Waals surface area contributed by atoms with Crippen molar-refractivity contribution in [1.82, 2.24) is 20.8 Å². The molecule has 7 heteroatoms. The fraction of sp³-hybridized carbons (Fsp3) is 0.750. The van der Waals surface area contributed by atoms with Crippen molar-refractivity contribution in [2.24, 2.45) is 0 Å². The Balaban J connectivity index is 1.82. The van der Waals surface area contributed by atoms with E-state index in [0.29, 0.717) is 25.3 Å². The number of hydrogen-bond acceptors (Lipinski definition) is 6. The maximum absolute atomic E-state index is 11.7. The van der Waals surface area contributed by atoms with Crippen molar-refractivity contribution >= 4 is 5.91 Å². The van der Waals surface area contributed by atoms with Gasteiger partial charge in [-0.25, -0.2) is 0 Å². The lowest BCUT2D eigenvalue weighted by Crippen LogP contribution is -2.28. The van der Waals surface area contributed by atoms with E-state index in [4.69, 9.17) is 4.52 Å². The average molecular weight is 268 g/mol. The maximum atomic E-state index is 11.7. The molecular weight excluding hydrogens is 248 g/mol. The lowest BCUT2D eigenvalue weighted by atomic mass is 10.2. The van der Waals surface area contributed by atoms with Crippen molar-refractivity contribution in [2.45, 2.75) is 44.8 Å². The van der Waals surface area contributed by atoms with Crippen molar-refractivity contribution in [2.75, 3.05) is 13.1 Å². The molecule has 2 heterocycles. The van der Waals surface area contributed by atoms with Gasteiger partial charge in [0.15, 0.2) is 0 Å². The van der Waals surface area contributed by atoms with E-state index >= 15 is 0 Å². The van der Waals surface area contributed by atoms with Crippen LogP contribution in [-0.4, -0.2) is 40.3 Å². The van der Waals surface area contributed by atoms with Crippen LogP contribution in [0, 0.1) is 0 Å². The number of nitrogens with one attached hydrogen (secondary N) is 2. The molecule has 1 aromatic heterocycles. The molecule has 1 fully saturated rings. The summed E-state index contributed by atoms with van der Waals surface area (Å²) in [6.45, 7) is 3.23. The van der Waals surface area contributed by atoms with E-state index < -0.39 is 0 Å². The molecule has 0 aliphatic carbocycles. The van der Waals surface area contributed by atoms with Gasteiger partial charge in [0.2, 0.25) is 5.89 Å². The largest absolute Gasteiger partial charge is 0.393 e. The van der Waals surface area contributed by atoms with Gasteiger partial charge < -0.3 is 20.3 Å². The van der Waals surface area contributed by atoms with Gasteiger partial charge >= 0.3 is 0 Å². The zero-order valence-electron chi connectivity index (χ0n) is 11.1. The normalized spacial score (nSPS) is 20.4. The van der Waals surface area contributed by atoms with Crippen LogP contribution in [0.15, 0.2) is 4.52 Å². The Morgan fingerprint density at radius 2 is 2.53 bits per heavy atom. The molecule has 1 saturated heterocycles. The Kier molecular flexibility index (Phi) is 4.86. The van der Waals surface area contributed by atoms with Crippen LogP contribution >= 0.6 is 0 Å². The summed E-state index contributed by atoms with van der Waals surface area (Å²) in [6, 6.07) is 0.0657. The first kappa shape index (κ1) is 14.0. The summed E-state index contributed by atoms with van der Waals surface area (Å²) >= 11 is 0. The first-order valence-electron chi connectivity index (χ1n) is 6.74. The van der Waals surface area contributed by atoms with Crippen molar-refractivity contribution in [3.05, 3.63) is 11.7 Å². The minimum Gasteiger partial charge on any atom is -0.393 e. The molecule has 1 amide bonds. The smallest absolute Gasteiger partial charge is 0.292 e. The minimum absolute atomic E-state index is 0.0506. The topological polar surface area (TPSA) is 100 Å². The summed E-state index contributed by atoms with van der Waals surface area (Å²) < 4.78 is 5.08. The summed E-state index contributed by atoms with van der Waals surface area (Å²) in [5.41, 5.74) is 0. The number of carbonyl (C=O) groups is 1. The number of nitrogens with zero attached hydrogens (tertiary/aromatic N) is 2. The molecule has 0 radical (unpaired) electrons. The third-order valence-electron chi connectivity index (χ3n) is 3.24. The Bertz CT molecular complexity index is 415. The van der Waals surface area contributed by atoms with Gasteiger partial charge in [0.1, 0.15) is 0 Å². The first-order valence-corrected chi connectivity index (χ1v) is 6.74. The Morgan fingerprint density at radius 3 is 3.21 bits per heavy atom. The molecule has 1 aromatic rings. The third-order valence-corrected chi connectivity index (χ3v) is 3.24. The molecule has 7 nitrogen and oxygen atoms in total. The second kappa shape index (κ2) is 6.63. The van der Waals surface area contributed by atoms with Gasteiger partial charge in [0.05, 0.1) is 12.1 Å². The molecule has 2 atom stereocenters. The van der Waals surface area contributed by atoms with E-state index in [9.17, 15) is 9.90 Å². The fourth-order valence-corrected chi connectivity index (χ4v) is 2.00. The zero-order chi connectivity index (χ0) is 13.7. The minimum atomic E-state index is -0.385. The molecule has 0 saturated carbocycles. The molecule has 1 aliphatic rings. The van der Waals surface area contributed by atoms with E-state index in [1.807, 2.05) is 6.92 Å². The number of aliphatic hydroxyl groups excluding tert-OH is 1. The van der Waals surface area contributed by atoms with Gasteiger partial charge in [0, 0.05) is 6.54 Å². The molecule has 1 aliphatic heterocycles. The van der Waals surface area contributed by atoms with Crippen LogP contribution in [0.25, 0.3) is 0 Å². The van der Waals surface area contributed by atoms with Crippen LogP contribution in [0.4, 0.5) is 0 Å². The molecule has 2 rings (SSSR count). The third kappa shape index (κ3) is 3.74. The summed E-state index contributed by atoms with van der Waals surface area (Å²) in [7, 11) is 0. The predicted molar refractivity (Wildman–Crippen MR) is 67.5 cm³/mol. The molecule has 106 valence electrons. The molecule has 0 aromatic carbocycles. The van der Waals surface area contributed by atoms with Gasteiger partial charge in [0.25, 0.3) is 11.7 Å². The number of rotatable bonds is 6. The number of amides is 1. The number of aliphatic hydroxyl groups is 1. The van der Waals surface area contributed by atoms with Crippen LogP contribution in [0.5, 0.6) is 0 Å². The predicted octanol–water partition coefficient (Wildman–Crippen LogP) is 0.385. The van der Waals surface area contributed by atoms with Gasteiger partial charge in [-0.15, -0.1) is 0 Å². The van der Waals surface area contributed by atoms with E-state index in [1.165, 1.54) is 0 Å². The SMILES string of the molecule is CCC(O)CCNC(=O)c1noc(C2CCCN2)n1. The van der Waals surface area contributed by atoms with Crippen molar-refractivity contribution in [3.8, 4) is 0 Å². The molecule has 3 N–H and O–H groups in total. The number of carbonyl (C=O) groups excluding carboxylic acids is 1. The fourth-order valence-electron chi connectivity index (χ4n) is 2.00. The highest BCUT2D eigenvalue weighted by atomic mass is 16.5. The Morgan fingerprint density at radius 1 is 1.68 bits per heavy atom. The van der Waals surface area contributed by atoms with Gasteiger partial charge in [-0.3, -0.25) is 4.79 Å². The summed E-state index contributed by atoms with van der Waals surface area (Å²) in [4.78, 5) is 15.8. The molecule has 19 heavy (non-hydrogen) atoms. The maximum Gasteiger partial charge on any atom is 0.292 e. The van der Waals surface area contributed by atoms with E-state index in [0.717, 1.165) is 19.4 Å². The lowest BCUT2D eigenvalue weighted by molar-refractivity contribution is 0.0928. The summed E-state index contributed by atoms with van der Waals surface area (Å²) in [5, 5.41) is 19.0. The van der Waals surface area contributed by atoms with Gasteiger partial charge in [-0.05, 0) is 32.2 Å². The first-order chi connectivity index (χ1) is 9.20. The highest BCUT2D eigenvalue weighted by Crippen LogP contribution is 2.20. The standard InChI is InChI=1S/C12H20N4O3/c1-2-8(17)5-7-14-11(18)10-15-12(19-16-10)9-4-3-6-13-9/h8-9,13,17H,2-7H2,1H3,(H,14,18).